The van der Waals surface area contributed by atoms with Crippen LogP contribution in [0.25, 0.3) is 0 Å². The van der Waals surface area contributed by atoms with Crippen molar-refractivity contribution >= 4 is 23.6 Å². The molecule has 0 saturated carbocycles. The third-order valence-electron chi connectivity index (χ3n) is 0.527. The molecule has 0 rings (SSSR count). The van der Waals surface area contributed by atoms with Gasteiger partial charge in [-0.1, -0.05) is 0 Å². The average molecular weight is 404 g/mol. The van der Waals surface area contributed by atoms with Crippen LogP contribution in [0.4, 0.5) is 0 Å². The zero-order valence-electron chi connectivity index (χ0n) is 9.57. The minimum atomic E-state index is -1.75. The summed E-state index contributed by atoms with van der Waals surface area (Å²) in [7, 11) is 0. The Balaban J connectivity index is -0.0000000570. The fourth-order valence-electron chi connectivity index (χ4n) is 0.191. The van der Waals surface area contributed by atoms with Crippen LogP contribution in [-0.4, -0.2) is 37.4 Å². The molecule has 16 nitrogen and oxygen atoms in total. The van der Waals surface area contributed by atoms with Crippen molar-refractivity contribution in [1.82, 2.24) is 9.06 Å². The third kappa shape index (κ3) is 407. The summed E-state index contributed by atoms with van der Waals surface area (Å²) in [5.74, 6) is 10.00. The predicted molar refractivity (Wildman–Crippen MR) is 64.6 cm³/mol. The van der Waals surface area contributed by atoms with Crippen LogP contribution in [-0.2, 0) is 16.8 Å². The van der Waals surface area contributed by atoms with Crippen LogP contribution < -0.4 is 11.7 Å². The van der Waals surface area contributed by atoms with Gasteiger partial charge in [-0.15, -0.1) is 0 Å². The summed E-state index contributed by atoms with van der Waals surface area (Å²) in [4.78, 5) is 24.8. The smallest absolute Gasteiger partial charge is 0.356 e. The van der Waals surface area contributed by atoms with Gasteiger partial charge in [0.2, 0.25) is 0 Å². The number of halogens is 2. The Labute approximate surface area is 136 Å². The number of hydrogen-bond acceptors (Lipinski definition) is 13. The second-order valence-electron chi connectivity index (χ2n) is 1.92. The molecule has 0 unspecified atom stereocenters. The molecule has 128 valence electrons. The Morgan fingerprint density at radius 1 is 0.714 bits per heavy atom. The van der Waals surface area contributed by atoms with Crippen molar-refractivity contribution in [3.05, 3.63) is 46.0 Å². The predicted octanol–water partition coefficient (Wildman–Crippen LogP) is -1.07. The molecule has 0 aromatic carbocycles. The van der Waals surface area contributed by atoms with Crippen molar-refractivity contribution < 1.29 is 32.0 Å². The minimum Gasteiger partial charge on any atom is -0.356 e. The Hall–Kier alpha value is -1.47. The quantitative estimate of drug-likeness (QED) is 0.246. The van der Waals surface area contributed by atoms with Gasteiger partial charge in [0.25, 0.3) is 0 Å². The van der Waals surface area contributed by atoms with E-state index in [1.807, 2.05) is 0 Å². The van der Waals surface area contributed by atoms with Gasteiger partial charge >= 0.3 is 16.8 Å². The Kier molecular flexibility index (Phi) is 35.7. The second-order valence-corrected chi connectivity index (χ2v) is 2.79. The van der Waals surface area contributed by atoms with Crippen molar-refractivity contribution in [2.45, 2.75) is 0 Å². The maximum Gasteiger partial charge on any atom is 3.00 e. The third-order valence-corrected chi connectivity index (χ3v) is 0.865. The zero-order chi connectivity index (χ0) is 17.3. The number of rotatable bonds is 3. The fraction of sp³-hybridized carbons (Fsp3) is 1.00. The van der Waals surface area contributed by atoms with Crippen LogP contribution in [0.3, 0.4) is 0 Å². The van der Waals surface area contributed by atoms with Crippen LogP contribution in [0, 0.1) is 46.0 Å². The molecule has 0 amide bonds. The topological polar surface area (TPSA) is 257 Å². The minimum absolute atomic E-state index is 0. The Bertz CT molecular complexity index is 220. The van der Waals surface area contributed by atoms with Gasteiger partial charge in [-0.05, 0) is 23.6 Å². The number of nitrogens with two attached hydrogens (primary N) is 2. The Morgan fingerprint density at radius 3 is 0.857 bits per heavy atom. The first-order chi connectivity index (χ1) is 8.82. The molecular weight excluding hydrogens is 396 g/mol. The molecule has 0 radical (unpaired) electrons. The molecule has 0 aliphatic heterocycles. The Morgan fingerprint density at radius 2 is 0.810 bits per heavy atom. The van der Waals surface area contributed by atoms with E-state index in [9.17, 15) is 0 Å². The van der Waals surface area contributed by atoms with E-state index in [4.69, 9.17) is 81.2 Å². The molecule has 0 atom stereocenters. The van der Waals surface area contributed by atoms with E-state index in [1.54, 1.807) is 0 Å². The van der Waals surface area contributed by atoms with Gasteiger partial charge in [0.15, 0.2) is 0 Å². The van der Waals surface area contributed by atoms with E-state index in [0.717, 1.165) is 9.06 Å². The van der Waals surface area contributed by atoms with E-state index >= 15 is 0 Å². The standard InChI is InChI=1S/C2H8Cl2N4.Co.3NO3/c3-7(5)1-2-8(4)6;;3*2-1(3)4/h1-2,5-6H2;;;;/q;+3;3*-1. The van der Waals surface area contributed by atoms with Crippen LogP contribution >= 0.6 is 23.6 Å². The van der Waals surface area contributed by atoms with Crippen LogP contribution in [0.1, 0.15) is 0 Å². The van der Waals surface area contributed by atoms with Crippen molar-refractivity contribution in [2.75, 3.05) is 13.1 Å². The molecule has 0 bridgehead atoms. The van der Waals surface area contributed by atoms with E-state index in [0.29, 0.717) is 13.1 Å². The number of hydrogen-bond donors (Lipinski definition) is 2. The van der Waals surface area contributed by atoms with E-state index in [-0.39, 0.29) is 16.8 Å². The molecule has 21 heavy (non-hydrogen) atoms. The van der Waals surface area contributed by atoms with Gasteiger partial charge in [0, 0.05) is 13.1 Å². The first kappa shape index (κ1) is 31.8. The summed E-state index contributed by atoms with van der Waals surface area (Å²) in [5.41, 5.74) is 0. The molecule has 0 aliphatic rings. The van der Waals surface area contributed by atoms with Crippen LogP contribution in [0.15, 0.2) is 0 Å². The van der Waals surface area contributed by atoms with Crippen molar-refractivity contribution in [3.8, 4) is 0 Å². The largest absolute Gasteiger partial charge is 3.00 e. The fourth-order valence-corrected chi connectivity index (χ4v) is 0.342. The zero-order valence-corrected chi connectivity index (χ0v) is 12.1. The van der Waals surface area contributed by atoms with Crippen molar-refractivity contribution in [3.63, 3.8) is 0 Å². The maximum atomic E-state index is 8.25. The summed E-state index contributed by atoms with van der Waals surface area (Å²) in [6.07, 6.45) is 0. The number of hydrazine groups is 2. The first-order valence-corrected chi connectivity index (χ1v) is 4.31. The van der Waals surface area contributed by atoms with E-state index < -0.39 is 15.3 Å². The maximum absolute atomic E-state index is 8.25. The summed E-state index contributed by atoms with van der Waals surface area (Å²) < 4.78 is 1.98. The second kappa shape index (κ2) is 23.6. The molecule has 19 heteroatoms. The van der Waals surface area contributed by atoms with Gasteiger partial charge in [-0.2, -0.15) is 9.06 Å². The molecule has 0 saturated heterocycles. The van der Waals surface area contributed by atoms with E-state index in [1.165, 1.54) is 0 Å². The number of nitrogens with zero attached hydrogens (tertiary/aromatic N) is 5. The molecular formula is C2H8Cl2CoN7O9. The molecule has 0 aliphatic carbocycles. The molecule has 0 spiro atoms. The summed E-state index contributed by atoms with van der Waals surface area (Å²) in [6.45, 7) is 0.864. The monoisotopic (exact) mass is 403 g/mol. The molecule has 4 N–H and O–H groups in total. The van der Waals surface area contributed by atoms with Crippen molar-refractivity contribution in [1.29, 1.82) is 0 Å². The summed E-state index contributed by atoms with van der Waals surface area (Å²) >= 11 is 10.4. The van der Waals surface area contributed by atoms with Gasteiger partial charge in [-0.25, -0.2) is 0 Å². The molecule has 0 aromatic rings. The van der Waals surface area contributed by atoms with E-state index in [2.05, 4.69) is 0 Å². The molecule has 0 fully saturated rings. The van der Waals surface area contributed by atoms with Gasteiger partial charge in [-0.3, -0.25) is 11.7 Å². The van der Waals surface area contributed by atoms with Gasteiger partial charge in [0.1, 0.15) is 0 Å². The van der Waals surface area contributed by atoms with Crippen molar-refractivity contribution in [2.24, 2.45) is 11.7 Å². The molecule has 0 heterocycles. The average Bonchev–Trinajstić information content (AvgIpc) is 2.11. The summed E-state index contributed by atoms with van der Waals surface area (Å²) in [5, 5.41) is 44.2. The molecule has 0 aromatic heterocycles. The first-order valence-electron chi connectivity index (χ1n) is 3.63. The van der Waals surface area contributed by atoms with Gasteiger partial charge in [0.05, 0.1) is 15.3 Å². The van der Waals surface area contributed by atoms with Crippen LogP contribution in [0.5, 0.6) is 0 Å². The van der Waals surface area contributed by atoms with Crippen LogP contribution in [0.2, 0.25) is 0 Å². The summed E-state index contributed by atoms with van der Waals surface area (Å²) in [6, 6.07) is 0. The van der Waals surface area contributed by atoms with Gasteiger partial charge < -0.3 is 46.0 Å². The SMILES string of the molecule is NN(Cl)CCN(N)Cl.O=[N+]([O-])[O-].O=[N+]([O-])[O-].O=[N+]([O-])[O-].[Co+3]. The normalized spacial score (nSPS) is 7.71.